The fourth-order valence-electron chi connectivity index (χ4n) is 3.51. The van der Waals surface area contributed by atoms with Gasteiger partial charge in [0.1, 0.15) is 5.82 Å². The van der Waals surface area contributed by atoms with Gasteiger partial charge in [0.2, 0.25) is 11.9 Å². The predicted octanol–water partition coefficient (Wildman–Crippen LogP) is 3.00. The van der Waals surface area contributed by atoms with Crippen molar-refractivity contribution in [2.24, 2.45) is 5.92 Å². The lowest BCUT2D eigenvalue weighted by molar-refractivity contribution is -0.135. The molecule has 1 aliphatic rings. The van der Waals surface area contributed by atoms with E-state index < -0.39 is 5.82 Å². The summed E-state index contributed by atoms with van der Waals surface area (Å²) in [4.78, 5) is 38.7. The molecule has 4 heterocycles. The van der Waals surface area contributed by atoms with Crippen LogP contribution in [-0.4, -0.2) is 51.3 Å². The Balaban J connectivity index is 1.43. The molecule has 1 fully saturated rings. The van der Waals surface area contributed by atoms with E-state index in [1.54, 1.807) is 18.0 Å². The van der Waals surface area contributed by atoms with Crippen molar-refractivity contribution in [3.8, 4) is 0 Å². The predicted molar refractivity (Wildman–Crippen MR) is 116 cm³/mol. The van der Waals surface area contributed by atoms with Crippen LogP contribution in [0.25, 0.3) is 10.2 Å². The Kier molecular flexibility index (Phi) is 6.08. The fourth-order valence-corrected chi connectivity index (χ4v) is 4.32. The lowest BCUT2D eigenvalue weighted by Crippen LogP contribution is -2.49. The quantitative estimate of drug-likeness (QED) is 0.584. The molecule has 1 atom stereocenters. The molecular formula is C21H23FN6O2S. The number of nitrogens with one attached hydrogen (secondary N) is 2. The van der Waals surface area contributed by atoms with Crippen molar-refractivity contribution >= 4 is 39.3 Å². The highest BCUT2D eigenvalue weighted by Crippen LogP contribution is 2.25. The van der Waals surface area contributed by atoms with Crippen LogP contribution in [0.3, 0.4) is 0 Å². The number of carbonyl (C=O) groups is 2. The number of nitrogens with zero attached hydrogens (tertiary/aromatic N) is 4. The van der Waals surface area contributed by atoms with Crippen molar-refractivity contribution in [1.82, 2.24) is 25.2 Å². The molecule has 1 aliphatic heterocycles. The molecule has 0 radical (unpaired) electrons. The third kappa shape index (κ3) is 4.79. The highest BCUT2D eigenvalue weighted by Gasteiger charge is 2.28. The van der Waals surface area contributed by atoms with Crippen LogP contribution in [0.1, 0.15) is 42.4 Å². The topological polar surface area (TPSA) is 100 Å². The maximum atomic E-state index is 13.5. The summed E-state index contributed by atoms with van der Waals surface area (Å²) in [6, 6.07) is 2.94. The van der Waals surface area contributed by atoms with Gasteiger partial charge < -0.3 is 15.5 Å². The molecule has 31 heavy (non-hydrogen) atoms. The van der Waals surface area contributed by atoms with Gasteiger partial charge in [-0.15, -0.1) is 11.3 Å². The maximum Gasteiger partial charge on any atom is 0.271 e. The number of fused-ring (bicyclic) bond motifs is 1. The first-order valence-corrected chi connectivity index (χ1v) is 10.9. The van der Waals surface area contributed by atoms with Crippen LogP contribution in [0.4, 0.5) is 10.3 Å². The zero-order chi connectivity index (χ0) is 22.0. The van der Waals surface area contributed by atoms with E-state index in [4.69, 9.17) is 0 Å². The Morgan fingerprint density at radius 1 is 1.32 bits per heavy atom. The Hall–Kier alpha value is -3.14. The maximum absolute atomic E-state index is 13.5. The Bertz CT molecular complexity index is 1110. The van der Waals surface area contributed by atoms with E-state index in [1.165, 1.54) is 17.4 Å². The van der Waals surface area contributed by atoms with Gasteiger partial charge in [-0.05, 0) is 42.3 Å². The minimum atomic E-state index is -0.418. The average molecular weight is 443 g/mol. The van der Waals surface area contributed by atoms with E-state index in [1.807, 2.05) is 18.4 Å². The summed E-state index contributed by atoms with van der Waals surface area (Å²) in [6.45, 7) is 5.42. The zero-order valence-electron chi connectivity index (χ0n) is 17.3. The summed E-state index contributed by atoms with van der Waals surface area (Å²) in [7, 11) is 0. The van der Waals surface area contributed by atoms with Gasteiger partial charge in [-0.3, -0.25) is 14.6 Å². The van der Waals surface area contributed by atoms with Gasteiger partial charge in [-0.2, -0.15) is 0 Å². The van der Waals surface area contributed by atoms with Crippen molar-refractivity contribution in [1.29, 1.82) is 0 Å². The lowest BCUT2D eigenvalue weighted by Gasteiger charge is -2.38. The smallest absolute Gasteiger partial charge is 0.271 e. The Morgan fingerprint density at radius 3 is 2.87 bits per heavy atom. The first-order chi connectivity index (χ1) is 14.9. The number of halogens is 1. The molecule has 162 valence electrons. The van der Waals surface area contributed by atoms with Crippen LogP contribution in [-0.2, 0) is 4.79 Å². The van der Waals surface area contributed by atoms with Gasteiger partial charge in [0, 0.05) is 32.8 Å². The number of aromatic nitrogens is 3. The number of rotatable bonds is 7. The van der Waals surface area contributed by atoms with Crippen molar-refractivity contribution in [3.63, 3.8) is 0 Å². The highest BCUT2D eigenvalue weighted by molar-refractivity contribution is 7.17. The number of anilines is 1. The van der Waals surface area contributed by atoms with E-state index >= 15 is 0 Å². The van der Waals surface area contributed by atoms with E-state index in [9.17, 15) is 14.0 Å². The van der Waals surface area contributed by atoms with Gasteiger partial charge in [0.15, 0.2) is 5.69 Å². The molecular weight excluding hydrogens is 419 g/mol. The third-order valence-corrected chi connectivity index (χ3v) is 6.24. The first-order valence-electron chi connectivity index (χ1n) is 10.1. The summed E-state index contributed by atoms with van der Waals surface area (Å²) in [5.74, 6) is 0.113. The largest absolute Gasteiger partial charge is 0.351 e. The number of carbonyl (C=O) groups excluding carboxylic acids is 2. The van der Waals surface area contributed by atoms with E-state index in [2.05, 4.69) is 25.6 Å². The number of likely N-dealkylation sites (tertiary alicyclic amines) is 1. The van der Waals surface area contributed by atoms with Crippen LogP contribution in [0.2, 0.25) is 0 Å². The van der Waals surface area contributed by atoms with Crippen LogP contribution in [0.15, 0.2) is 29.9 Å². The monoisotopic (exact) mass is 442 g/mol. The molecule has 0 aliphatic carbocycles. The van der Waals surface area contributed by atoms with Gasteiger partial charge in [-0.1, -0.05) is 0 Å². The highest BCUT2D eigenvalue weighted by atomic mass is 32.1. The molecule has 4 rings (SSSR count). The van der Waals surface area contributed by atoms with Gasteiger partial charge >= 0.3 is 0 Å². The van der Waals surface area contributed by atoms with E-state index in [-0.39, 0.29) is 17.9 Å². The number of hydrogen-bond donors (Lipinski definition) is 2. The molecule has 0 aromatic carbocycles. The molecule has 1 saturated heterocycles. The average Bonchev–Trinajstić information content (AvgIpc) is 3.17. The second-order valence-electron chi connectivity index (χ2n) is 7.67. The molecule has 0 unspecified atom stereocenters. The van der Waals surface area contributed by atoms with Gasteiger partial charge in [0.05, 0.1) is 22.5 Å². The van der Waals surface area contributed by atoms with Crippen LogP contribution < -0.4 is 10.6 Å². The minimum absolute atomic E-state index is 0.0876. The number of amides is 2. The zero-order valence-corrected chi connectivity index (χ0v) is 18.1. The van der Waals surface area contributed by atoms with E-state index in [0.29, 0.717) is 35.2 Å². The molecule has 2 N–H and O–H groups in total. The SMILES string of the molecule is CC(=O)N1CC(CCNC(=O)c2nc(N[C@@H](C)c3cncc(F)c3)nc3ccsc23)C1. The molecule has 10 heteroatoms. The number of pyridine rings is 1. The van der Waals surface area contributed by atoms with Crippen molar-refractivity contribution in [2.45, 2.75) is 26.3 Å². The molecule has 3 aromatic rings. The molecule has 8 nitrogen and oxygen atoms in total. The van der Waals surface area contributed by atoms with Crippen molar-refractivity contribution in [2.75, 3.05) is 25.0 Å². The van der Waals surface area contributed by atoms with Crippen LogP contribution >= 0.6 is 11.3 Å². The fraction of sp³-hybridized carbons (Fsp3) is 0.381. The second kappa shape index (κ2) is 8.93. The Labute approximate surface area is 182 Å². The van der Waals surface area contributed by atoms with E-state index in [0.717, 1.165) is 30.4 Å². The molecule has 0 spiro atoms. The summed E-state index contributed by atoms with van der Waals surface area (Å²) in [5.41, 5.74) is 1.64. The van der Waals surface area contributed by atoms with Crippen molar-refractivity contribution < 1.29 is 14.0 Å². The molecule has 0 bridgehead atoms. The summed E-state index contributed by atoms with van der Waals surface area (Å²) < 4.78 is 14.2. The summed E-state index contributed by atoms with van der Waals surface area (Å²) in [5, 5.41) is 7.92. The summed E-state index contributed by atoms with van der Waals surface area (Å²) in [6.07, 6.45) is 3.53. The first kappa shape index (κ1) is 21.1. The lowest BCUT2D eigenvalue weighted by atomic mass is 9.96. The minimum Gasteiger partial charge on any atom is -0.351 e. The Morgan fingerprint density at radius 2 is 2.13 bits per heavy atom. The standard InChI is InChI=1S/C21H23FN6O2S/c1-12(15-7-16(22)9-23-8-15)25-21-26-17-4-6-31-19(17)18(27-21)20(30)24-5-3-14-10-28(11-14)13(2)29/h4,6-9,12,14H,3,5,10-11H2,1-2H3,(H,24,30)(H,25,26,27)/t12-/m0/s1. The van der Waals surface area contributed by atoms with Crippen LogP contribution in [0, 0.1) is 11.7 Å². The number of hydrogen-bond acceptors (Lipinski definition) is 7. The molecule has 2 amide bonds. The van der Waals surface area contributed by atoms with Gasteiger partial charge in [-0.25, -0.2) is 14.4 Å². The van der Waals surface area contributed by atoms with Crippen LogP contribution in [0.5, 0.6) is 0 Å². The van der Waals surface area contributed by atoms with Crippen molar-refractivity contribution in [3.05, 3.63) is 47.0 Å². The normalized spacial score (nSPS) is 14.9. The third-order valence-electron chi connectivity index (χ3n) is 5.33. The molecule has 0 saturated carbocycles. The van der Waals surface area contributed by atoms with Gasteiger partial charge in [0.25, 0.3) is 5.91 Å². The second-order valence-corrected chi connectivity index (χ2v) is 8.58. The summed E-state index contributed by atoms with van der Waals surface area (Å²) >= 11 is 1.41. The molecule has 3 aromatic heterocycles. The number of thiophene rings is 1.